The van der Waals surface area contributed by atoms with Gasteiger partial charge in [-0.15, -0.1) is 0 Å². The van der Waals surface area contributed by atoms with Gasteiger partial charge in [-0.25, -0.2) is 0 Å². The lowest BCUT2D eigenvalue weighted by molar-refractivity contribution is -0.116. The number of carbonyl (C=O) groups excluding carboxylic acids is 1. The molecule has 1 aliphatic heterocycles. The molecule has 1 aliphatic carbocycles. The number of hydrogen-bond acceptors (Lipinski definition) is 6. The summed E-state index contributed by atoms with van der Waals surface area (Å²) in [5.74, 6) is 2.27. The quantitative estimate of drug-likeness (QED) is 0.351. The number of para-hydroxylation sites is 2. The number of rotatable bonds is 6. The molecule has 2 aliphatic rings. The number of allylic oxidation sites excluding steroid dienone is 1. The lowest BCUT2D eigenvalue weighted by atomic mass is 9.78. The summed E-state index contributed by atoms with van der Waals surface area (Å²) < 4.78 is 17.5. The van der Waals surface area contributed by atoms with Gasteiger partial charge in [0.2, 0.25) is 0 Å². The highest BCUT2D eigenvalue weighted by molar-refractivity contribution is 9.10. The number of hydrogen-bond donors (Lipinski definition) is 2. The number of carbonyl (C=O) groups is 1. The first-order valence-corrected chi connectivity index (χ1v) is 12.8. The van der Waals surface area contributed by atoms with Gasteiger partial charge in [0, 0.05) is 17.7 Å². The van der Waals surface area contributed by atoms with Gasteiger partial charge in [-0.05, 0) is 82.7 Å². The Bertz CT molecular complexity index is 1320. The van der Waals surface area contributed by atoms with Crippen LogP contribution in [0.2, 0.25) is 0 Å². The first-order chi connectivity index (χ1) is 17.5. The molecular formula is C29H29BrN2O4. The third kappa shape index (κ3) is 4.55. The molecule has 0 aromatic heterocycles. The molecule has 0 fully saturated rings. The molecule has 2 unspecified atom stereocenters. The van der Waals surface area contributed by atoms with Crippen LogP contribution in [-0.2, 0) is 4.79 Å². The largest absolute Gasteiger partial charge is 0.494 e. The zero-order chi connectivity index (χ0) is 25.2. The lowest BCUT2D eigenvalue weighted by Gasteiger charge is -2.30. The molecule has 0 bridgehead atoms. The van der Waals surface area contributed by atoms with Crippen molar-refractivity contribution in [1.82, 2.24) is 0 Å². The molecule has 7 heteroatoms. The number of ketones is 1. The van der Waals surface area contributed by atoms with Crippen molar-refractivity contribution < 1.29 is 19.0 Å². The average Bonchev–Trinajstić information content (AvgIpc) is 3.05. The molecule has 2 N–H and O–H groups in total. The molecule has 1 heterocycles. The van der Waals surface area contributed by atoms with Crippen LogP contribution >= 0.6 is 15.9 Å². The highest BCUT2D eigenvalue weighted by atomic mass is 79.9. The normalized spacial score (nSPS) is 18.8. The second-order valence-electron chi connectivity index (χ2n) is 8.91. The van der Waals surface area contributed by atoms with Crippen LogP contribution in [0.25, 0.3) is 0 Å². The van der Waals surface area contributed by atoms with Gasteiger partial charge in [0.15, 0.2) is 17.3 Å². The second-order valence-corrected chi connectivity index (χ2v) is 9.76. The second kappa shape index (κ2) is 10.3. The SMILES string of the molecule is CCOc1ccc(C2CC(=O)C3=C(C2)Nc2ccccc2NC3c2cc(Br)c(OC)c(OC)c2)cc1. The minimum absolute atomic E-state index is 0.0856. The summed E-state index contributed by atoms with van der Waals surface area (Å²) in [5.41, 5.74) is 5.64. The maximum absolute atomic E-state index is 13.8. The fourth-order valence-corrected chi connectivity index (χ4v) is 5.71. The summed E-state index contributed by atoms with van der Waals surface area (Å²) in [5, 5.41) is 7.22. The molecule has 3 aromatic rings. The zero-order valence-corrected chi connectivity index (χ0v) is 22.1. The number of ether oxygens (including phenoxy) is 3. The Morgan fingerprint density at radius 1 is 0.944 bits per heavy atom. The number of methoxy groups -OCH3 is 2. The molecule has 0 amide bonds. The summed E-state index contributed by atoms with van der Waals surface area (Å²) >= 11 is 3.62. The van der Waals surface area contributed by atoms with Gasteiger partial charge in [0.25, 0.3) is 0 Å². The highest BCUT2D eigenvalue weighted by Crippen LogP contribution is 2.46. The van der Waals surface area contributed by atoms with Crippen molar-refractivity contribution in [3.63, 3.8) is 0 Å². The molecule has 0 saturated carbocycles. The number of fused-ring (bicyclic) bond motifs is 1. The van der Waals surface area contributed by atoms with Crippen LogP contribution in [0.15, 0.2) is 76.4 Å². The highest BCUT2D eigenvalue weighted by Gasteiger charge is 2.36. The van der Waals surface area contributed by atoms with Crippen molar-refractivity contribution >= 4 is 33.1 Å². The van der Waals surface area contributed by atoms with Crippen molar-refractivity contribution in [2.75, 3.05) is 31.5 Å². The number of halogens is 1. The van der Waals surface area contributed by atoms with Gasteiger partial charge in [-0.2, -0.15) is 0 Å². The summed E-state index contributed by atoms with van der Waals surface area (Å²) in [7, 11) is 3.22. The van der Waals surface area contributed by atoms with E-state index in [0.29, 0.717) is 24.5 Å². The number of nitrogens with one attached hydrogen (secondary N) is 2. The van der Waals surface area contributed by atoms with Crippen molar-refractivity contribution in [3.05, 3.63) is 87.5 Å². The molecule has 0 saturated heterocycles. The van der Waals surface area contributed by atoms with E-state index in [4.69, 9.17) is 14.2 Å². The predicted octanol–water partition coefficient (Wildman–Crippen LogP) is 6.84. The fraction of sp³-hybridized carbons (Fsp3) is 0.276. The van der Waals surface area contributed by atoms with Crippen LogP contribution in [0, 0.1) is 0 Å². The van der Waals surface area contributed by atoms with Crippen LogP contribution in [0.3, 0.4) is 0 Å². The van der Waals surface area contributed by atoms with Gasteiger partial charge in [-0.1, -0.05) is 24.3 Å². The fourth-order valence-electron chi connectivity index (χ4n) is 5.09. The predicted molar refractivity (Wildman–Crippen MR) is 145 cm³/mol. The third-order valence-electron chi connectivity index (χ3n) is 6.76. The Balaban J connectivity index is 1.58. The van der Waals surface area contributed by atoms with E-state index < -0.39 is 0 Å². The molecule has 186 valence electrons. The van der Waals surface area contributed by atoms with Crippen LogP contribution in [-0.4, -0.2) is 26.6 Å². The molecule has 2 atom stereocenters. The first-order valence-electron chi connectivity index (χ1n) is 12.0. The van der Waals surface area contributed by atoms with Gasteiger partial charge < -0.3 is 24.8 Å². The monoisotopic (exact) mass is 548 g/mol. The van der Waals surface area contributed by atoms with E-state index in [1.54, 1.807) is 14.2 Å². The minimum Gasteiger partial charge on any atom is -0.494 e. The maximum Gasteiger partial charge on any atom is 0.174 e. The maximum atomic E-state index is 13.8. The summed E-state index contributed by atoms with van der Waals surface area (Å²) in [6.07, 6.45) is 1.17. The summed E-state index contributed by atoms with van der Waals surface area (Å²) in [6.45, 7) is 2.60. The molecule has 3 aromatic carbocycles. The van der Waals surface area contributed by atoms with E-state index >= 15 is 0 Å². The average molecular weight is 549 g/mol. The van der Waals surface area contributed by atoms with Gasteiger partial charge in [-0.3, -0.25) is 4.79 Å². The molecule has 36 heavy (non-hydrogen) atoms. The third-order valence-corrected chi connectivity index (χ3v) is 7.35. The van der Waals surface area contributed by atoms with Crippen LogP contribution < -0.4 is 24.8 Å². The molecular weight excluding hydrogens is 520 g/mol. The van der Waals surface area contributed by atoms with Crippen LogP contribution in [0.5, 0.6) is 17.2 Å². The topological polar surface area (TPSA) is 68.8 Å². The van der Waals surface area contributed by atoms with Gasteiger partial charge in [0.05, 0.1) is 42.7 Å². The Kier molecular flexibility index (Phi) is 6.92. The van der Waals surface area contributed by atoms with E-state index in [9.17, 15) is 4.79 Å². The summed E-state index contributed by atoms with van der Waals surface area (Å²) in [6, 6.07) is 19.7. The van der Waals surface area contributed by atoms with E-state index in [0.717, 1.165) is 50.4 Å². The Labute approximate surface area is 219 Å². The van der Waals surface area contributed by atoms with Crippen LogP contribution in [0.4, 0.5) is 11.4 Å². The molecule has 5 rings (SSSR count). The van der Waals surface area contributed by atoms with Gasteiger partial charge in [0.1, 0.15) is 5.75 Å². The molecule has 6 nitrogen and oxygen atoms in total. The van der Waals surface area contributed by atoms with Crippen molar-refractivity contribution in [2.24, 2.45) is 0 Å². The van der Waals surface area contributed by atoms with E-state index in [-0.39, 0.29) is 17.7 Å². The van der Waals surface area contributed by atoms with Crippen molar-refractivity contribution in [2.45, 2.75) is 31.7 Å². The Hall–Kier alpha value is -3.45. The van der Waals surface area contributed by atoms with E-state index in [1.165, 1.54) is 0 Å². The van der Waals surface area contributed by atoms with Crippen LogP contribution in [0.1, 0.15) is 42.9 Å². The molecule has 0 spiro atoms. The van der Waals surface area contributed by atoms with Crippen molar-refractivity contribution in [1.29, 1.82) is 0 Å². The zero-order valence-electron chi connectivity index (χ0n) is 20.6. The smallest absolute Gasteiger partial charge is 0.174 e. The summed E-state index contributed by atoms with van der Waals surface area (Å²) in [4.78, 5) is 13.8. The molecule has 0 radical (unpaired) electrons. The number of anilines is 2. The minimum atomic E-state index is -0.346. The van der Waals surface area contributed by atoms with E-state index in [2.05, 4.69) is 38.7 Å². The lowest BCUT2D eigenvalue weighted by Crippen LogP contribution is -2.27. The van der Waals surface area contributed by atoms with E-state index in [1.807, 2.05) is 55.5 Å². The Morgan fingerprint density at radius 2 is 1.69 bits per heavy atom. The standard InChI is InChI=1S/C29H29BrN2O4/c1-4-36-20-11-9-17(10-12-20)18-14-24-27(25(33)15-18)28(32-23-8-6-5-7-22(23)31-24)19-13-21(30)29(35-3)26(16-19)34-2/h5-13,16,18,28,31-32H,4,14-15H2,1-3H3. The van der Waals surface area contributed by atoms with Crippen molar-refractivity contribution in [3.8, 4) is 17.2 Å². The first kappa shape index (κ1) is 24.3. The Morgan fingerprint density at radius 3 is 2.39 bits per heavy atom. The number of benzene rings is 3. The van der Waals surface area contributed by atoms with Gasteiger partial charge >= 0.3 is 0 Å². The number of Topliss-reactive ketones (excluding diaryl/α,β-unsaturated/α-hetero) is 1.